The van der Waals surface area contributed by atoms with Crippen LogP contribution < -0.4 is 10.1 Å². The van der Waals surface area contributed by atoms with Crippen LogP contribution in [0.2, 0.25) is 0 Å². The zero-order valence-corrected chi connectivity index (χ0v) is 10.5. The summed E-state index contributed by atoms with van der Waals surface area (Å²) < 4.78 is 43.4. The largest absolute Gasteiger partial charge is 0.478 e. The van der Waals surface area contributed by atoms with Crippen LogP contribution in [0.4, 0.5) is 13.2 Å². The Morgan fingerprint density at radius 2 is 2.11 bits per heavy atom. The second-order valence-electron chi connectivity index (χ2n) is 3.95. The Morgan fingerprint density at radius 1 is 1.37 bits per heavy atom. The number of hydrogen-bond donors (Lipinski definition) is 1. The highest BCUT2D eigenvalue weighted by atomic mass is 19.4. The van der Waals surface area contributed by atoms with Crippen LogP contribution in [-0.2, 0) is 12.7 Å². The summed E-state index contributed by atoms with van der Waals surface area (Å²) in [6.45, 7) is 2.69. The van der Waals surface area contributed by atoms with Gasteiger partial charge in [0.1, 0.15) is 11.8 Å². The van der Waals surface area contributed by atoms with E-state index in [2.05, 4.69) is 5.32 Å². The number of ether oxygens (including phenoxy) is 1. The van der Waals surface area contributed by atoms with Crippen LogP contribution in [0.1, 0.15) is 24.5 Å². The van der Waals surface area contributed by atoms with E-state index in [1.165, 1.54) is 6.07 Å². The van der Waals surface area contributed by atoms with Crippen LogP contribution in [0.5, 0.6) is 5.75 Å². The second kappa shape index (κ2) is 7.00. The molecule has 0 radical (unpaired) electrons. The Hall–Kier alpha value is -1.74. The molecule has 0 amide bonds. The minimum Gasteiger partial charge on any atom is -0.478 e. The molecule has 0 atom stereocenters. The molecule has 0 aliphatic carbocycles. The van der Waals surface area contributed by atoms with Crippen LogP contribution in [-0.4, -0.2) is 13.2 Å². The molecule has 19 heavy (non-hydrogen) atoms. The van der Waals surface area contributed by atoms with E-state index < -0.39 is 18.3 Å². The molecule has 0 saturated carbocycles. The van der Waals surface area contributed by atoms with Gasteiger partial charge in [-0.15, -0.1) is 0 Å². The summed E-state index contributed by atoms with van der Waals surface area (Å²) in [4.78, 5) is 0. The normalized spacial score (nSPS) is 11.1. The SMILES string of the molecule is CCCNCc1ccc(OCC#N)c(C(F)(F)F)c1. The fourth-order valence-corrected chi connectivity index (χ4v) is 1.55. The van der Waals surface area contributed by atoms with E-state index in [1.807, 2.05) is 6.92 Å². The molecule has 1 rings (SSSR count). The third kappa shape index (κ3) is 4.79. The zero-order valence-electron chi connectivity index (χ0n) is 10.5. The van der Waals surface area contributed by atoms with Crippen LogP contribution >= 0.6 is 0 Å². The van der Waals surface area contributed by atoms with E-state index in [9.17, 15) is 13.2 Å². The smallest absolute Gasteiger partial charge is 0.419 e. The van der Waals surface area contributed by atoms with Gasteiger partial charge in [0.15, 0.2) is 6.61 Å². The van der Waals surface area contributed by atoms with Crippen molar-refractivity contribution in [3.63, 3.8) is 0 Å². The molecular formula is C13H15F3N2O. The first-order valence-electron chi connectivity index (χ1n) is 5.89. The maximum atomic E-state index is 12.9. The van der Waals surface area contributed by atoms with Crippen molar-refractivity contribution < 1.29 is 17.9 Å². The van der Waals surface area contributed by atoms with E-state index >= 15 is 0 Å². The van der Waals surface area contributed by atoms with Gasteiger partial charge in [0, 0.05) is 6.54 Å². The van der Waals surface area contributed by atoms with Gasteiger partial charge >= 0.3 is 6.18 Å². The second-order valence-corrected chi connectivity index (χ2v) is 3.95. The van der Waals surface area contributed by atoms with Crippen molar-refractivity contribution in [2.45, 2.75) is 26.1 Å². The summed E-state index contributed by atoms with van der Waals surface area (Å²) >= 11 is 0. The molecule has 1 N–H and O–H groups in total. The minimum absolute atomic E-state index is 0.312. The monoisotopic (exact) mass is 272 g/mol. The van der Waals surface area contributed by atoms with Crippen LogP contribution in [0.25, 0.3) is 0 Å². The average Bonchev–Trinajstić information content (AvgIpc) is 2.36. The lowest BCUT2D eigenvalue weighted by molar-refractivity contribution is -0.138. The Morgan fingerprint density at radius 3 is 2.68 bits per heavy atom. The summed E-state index contributed by atoms with van der Waals surface area (Å²) in [5, 5.41) is 11.4. The van der Waals surface area contributed by atoms with Gasteiger partial charge in [-0.1, -0.05) is 13.0 Å². The van der Waals surface area contributed by atoms with Gasteiger partial charge in [-0.05, 0) is 30.7 Å². The van der Waals surface area contributed by atoms with Crippen LogP contribution in [0.3, 0.4) is 0 Å². The molecule has 0 fully saturated rings. The molecule has 6 heteroatoms. The fraction of sp³-hybridized carbons (Fsp3) is 0.462. The maximum absolute atomic E-state index is 12.9. The highest BCUT2D eigenvalue weighted by Crippen LogP contribution is 2.36. The molecule has 0 unspecified atom stereocenters. The van der Waals surface area contributed by atoms with Crippen molar-refractivity contribution in [3.8, 4) is 11.8 Å². The van der Waals surface area contributed by atoms with E-state index in [-0.39, 0.29) is 5.75 Å². The van der Waals surface area contributed by atoms with Gasteiger partial charge in [-0.3, -0.25) is 0 Å². The summed E-state index contributed by atoms with van der Waals surface area (Å²) in [5.74, 6) is -0.312. The molecule has 0 heterocycles. The lowest BCUT2D eigenvalue weighted by atomic mass is 10.1. The quantitative estimate of drug-likeness (QED) is 0.809. The highest BCUT2D eigenvalue weighted by molar-refractivity contribution is 5.39. The Bertz CT molecular complexity index is 452. The van der Waals surface area contributed by atoms with E-state index in [0.29, 0.717) is 12.1 Å². The first-order valence-corrected chi connectivity index (χ1v) is 5.89. The number of benzene rings is 1. The average molecular weight is 272 g/mol. The Labute approximate surface area is 110 Å². The summed E-state index contributed by atoms with van der Waals surface area (Å²) in [7, 11) is 0. The number of nitriles is 1. The number of rotatable bonds is 6. The number of alkyl halides is 3. The third-order valence-electron chi connectivity index (χ3n) is 2.40. The van der Waals surface area contributed by atoms with Crippen molar-refractivity contribution >= 4 is 0 Å². The molecule has 0 aromatic heterocycles. The van der Waals surface area contributed by atoms with Crippen molar-refractivity contribution in [3.05, 3.63) is 29.3 Å². The van der Waals surface area contributed by atoms with E-state index in [1.54, 1.807) is 12.1 Å². The lowest BCUT2D eigenvalue weighted by Crippen LogP contribution is -2.15. The van der Waals surface area contributed by atoms with Crippen LogP contribution in [0.15, 0.2) is 18.2 Å². The Kier molecular flexibility index (Phi) is 5.64. The highest BCUT2D eigenvalue weighted by Gasteiger charge is 2.34. The summed E-state index contributed by atoms with van der Waals surface area (Å²) in [5.41, 5.74) is -0.316. The predicted octanol–water partition coefficient (Wildman–Crippen LogP) is 3.11. The number of halogens is 3. The minimum atomic E-state index is -4.49. The summed E-state index contributed by atoms with van der Waals surface area (Å²) in [6.07, 6.45) is -3.58. The molecule has 3 nitrogen and oxygen atoms in total. The molecule has 104 valence electrons. The van der Waals surface area contributed by atoms with E-state index in [0.717, 1.165) is 19.0 Å². The number of nitrogens with zero attached hydrogens (tertiary/aromatic N) is 1. The molecule has 1 aromatic rings. The third-order valence-corrected chi connectivity index (χ3v) is 2.40. The van der Waals surface area contributed by atoms with Crippen molar-refractivity contribution in [2.75, 3.05) is 13.2 Å². The molecule has 0 aliphatic heterocycles. The standard InChI is InChI=1S/C13H15F3N2O/c1-2-6-18-9-10-3-4-12(19-7-5-17)11(8-10)13(14,15)16/h3-4,8,18H,2,6-7,9H2,1H3. The van der Waals surface area contributed by atoms with E-state index in [4.69, 9.17) is 10.00 Å². The fourth-order valence-electron chi connectivity index (χ4n) is 1.55. The number of hydrogen-bond acceptors (Lipinski definition) is 3. The molecule has 0 saturated heterocycles. The lowest BCUT2D eigenvalue weighted by Gasteiger charge is -2.14. The molecule has 0 spiro atoms. The van der Waals surface area contributed by atoms with Gasteiger partial charge in [-0.25, -0.2) is 0 Å². The van der Waals surface area contributed by atoms with Crippen molar-refractivity contribution in [1.82, 2.24) is 5.32 Å². The molecule has 0 aliphatic rings. The Balaban J connectivity index is 2.92. The van der Waals surface area contributed by atoms with Gasteiger partial charge in [0.25, 0.3) is 0 Å². The van der Waals surface area contributed by atoms with Gasteiger partial charge in [0.2, 0.25) is 0 Å². The predicted molar refractivity (Wildman–Crippen MR) is 64.5 cm³/mol. The first kappa shape index (κ1) is 15.3. The maximum Gasteiger partial charge on any atom is 0.419 e. The topological polar surface area (TPSA) is 45.0 Å². The molecule has 0 bridgehead atoms. The summed E-state index contributed by atoms with van der Waals surface area (Å²) in [6, 6.07) is 5.51. The van der Waals surface area contributed by atoms with Gasteiger partial charge in [-0.2, -0.15) is 18.4 Å². The van der Waals surface area contributed by atoms with Crippen molar-refractivity contribution in [1.29, 1.82) is 5.26 Å². The van der Waals surface area contributed by atoms with Gasteiger partial charge in [0.05, 0.1) is 5.56 Å². The van der Waals surface area contributed by atoms with Crippen LogP contribution in [0, 0.1) is 11.3 Å². The zero-order chi connectivity index (χ0) is 14.3. The van der Waals surface area contributed by atoms with Gasteiger partial charge < -0.3 is 10.1 Å². The molecule has 1 aromatic carbocycles. The first-order chi connectivity index (χ1) is 8.99. The molecular weight excluding hydrogens is 257 g/mol. The van der Waals surface area contributed by atoms with Crippen molar-refractivity contribution in [2.24, 2.45) is 0 Å². The number of nitrogens with one attached hydrogen (secondary N) is 1.